The van der Waals surface area contributed by atoms with E-state index in [0.717, 1.165) is 0 Å². The molecule has 0 spiro atoms. The van der Waals surface area contributed by atoms with Gasteiger partial charge < -0.3 is 20.1 Å². The Labute approximate surface area is 149 Å². The van der Waals surface area contributed by atoms with Crippen LogP contribution in [-0.4, -0.2) is 56.1 Å². The normalized spacial score (nSPS) is 27.9. The van der Waals surface area contributed by atoms with Gasteiger partial charge in [-0.25, -0.2) is 4.79 Å². The lowest BCUT2D eigenvalue weighted by atomic mass is 9.96. The third kappa shape index (κ3) is 3.06. The minimum Gasteiger partial charge on any atom is -0.481 e. The zero-order chi connectivity index (χ0) is 18.4. The fourth-order valence-corrected chi connectivity index (χ4v) is 4.80. The molecule has 8 heteroatoms. The SMILES string of the molecule is C[C@H](Oc1ccccc1)C(=O)N[C@@H]1C(=O)N2[C@H]1SC(C)(C)[C@H]2C(=O)O. The second-order valence-corrected chi connectivity index (χ2v) is 8.43. The number of hydrogen-bond donors (Lipinski definition) is 2. The van der Waals surface area contributed by atoms with Gasteiger partial charge in [-0.2, -0.15) is 0 Å². The molecule has 4 atom stereocenters. The van der Waals surface area contributed by atoms with Crippen molar-refractivity contribution in [3.8, 4) is 5.75 Å². The molecule has 1 aromatic carbocycles. The molecule has 2 heterocycles. The summed E-state index contributed by atoms with van der Waals surface area (Å²) in [6.07, 6.45) is -0.765. The summed E-state index contributed by atoms with van der Waals surface area (Å²) in [6.45, 7) is 5.19. The van der Waals surface area contributed by atoms with Crippen LogP contribution >= 0.6 is 11.8 Å². The lowest BCUT2D eigenvalue weighted by molar-refractivity contribution is -0.161. The van der Waals surface area contributed by atoms with Crippen LogP contribution < -0.4 is 10.1 Å². The van der Waals surface area contributed by atoms with Crippen LogP contribution in [0.1, 0.15) is 20.8 Å². The van der Waals surface area contributed by atoms with E-state index in [1.165, 1.54) is 16.7 Å². The number of amides is 2. The summed E-state index contributed by atoms with van der Waals surface area (Å²) in [5.41, 5.74) is 0. The van der Waals surface area contributed by atoms with E-state index in [4.69, 9.17) is 4.74 Å². The molecule has 0 radical (unpaired) electrons. The fraction of sp³-hybridized carbons (Fsp3) is 0.471. The van der Waals surface area contributed by atoms with Gasteiger partial charge in [-0.05, 0) is 32.9 Å². The molecule has 2 N–H and O–H groups in total. The molecule has 0 aromatic heterocycles. The highest BCUT2D eigenvalue weighted by Gasteiger charge is 2.64. The molecule has 25 heavy (non-hydrogen) atoms. The fourth-order valence-electron chi connectivity index (χ4n) is 3.17. The van der Waals surface area contributed by atoms with Crippen molar-refractivity contribution < 1.29 is 24.2 Å². The number of benzene rings is 1. The van der Waals surface area contributed by atoms with Gasteiger partial charge in [0.2, 0.25) is 5.91 Å². The summed E-state index contributed by atoms with van der Waals surface area (Å²) in [7, 11) is 0. The Balaban J connectivity index is 1.64. The van der Waals surface area contributed by atoms with E-state index in [2.05, 4.69) is 5.32 Å². The van der Waals surface area contributed by atoms with Crippen molar-refractivity contribution in [2.24, 2.45) is 0 Å². The number of ether oxygens (including phenoxy) is 1. The third-order valence-electron chi connectivity index (χ3n) is 4.40. The van der Waals surface area contributed by atoms with Crippen molar-refractivity contribution in [1.29, 1.82) is 0 Å². The molecule has 2 amide bonds. The first-order valence-electron chi connectivity index (χ1n) is 7.97. The minimum atomic E-state index is -1.03. The number of carboxylic acids is 1. The average Bonchev–Trinajstić information content (AvgIpc) is 2.81. The summed E-state index contributed by atoms with van der Waals surface area (Å²) in [4.78, 5) is 37.5. The molecule has 7 nitrogen and oxygen atoms in total. The second-order valence-electron chi connectivity index (χ2n) is 6.66. The highest BCUT2D eigenvalue weighted by molar-refractivity contribution is 8.01. The van der Waals surface area contributed by atoms with E-state index in [1.807, 2.05) is 6.07 Å². The van der Waals surface area contributed by atoms with Gasteiger partial charge in [0.25, 0.3) is 5.91 Å². The Kier molecular flexibility index (Phi) is 4.40. The molecular weight excluding hydrogens is 344 g/mol. The van der Waals surface area contributed by atoms with Crippen LogP contribution in [0.5, 0.6) is 5.75 Å². The third-order valence-corrected chi connectivity index (χ3v) is 5.97. The van der Waals surface area contributed by atoms with E-state index in [1.54, 1.807) is 45.0 Å². The monoisotopic (exact) mass is 364 g/mol. The Morgan fingerprint density at radius 3 is 2.56 bits per heavy atom. The highest BCUT2D eigenvalue weighted by atomic mass is 32.2. The van der Waals surface area contributed by atoms with Crippen LogP contribution in [0, 0.1) is 0 Å². The lowest BCUT2D eigenvalue weighted by Crippen LogP contribution is -2.71. The average molecular weight is 364 g/mol. The van der Waals surface area contributed by atoms with Crippen LogP contribution in [0.3, 0.4) is 0 Å². The van der Waals surface area contributed by atoms with Crippen LogP contribution in [0.4, 0.5) is 0 Å². The molecule has 2 saturated heterocycles. The molecular formula is C17H20N2O5S. The molecule has 0 unspecified atom stereocenters. The number of carboxylic acid groups (broad SMARTS) is 1. The van der Waals surface area contributed by atoms with E-state index in [-0.39, 0.29) is 11.3 Å². The number of nitrogens with zero attached hydrogens (tertiary/aromatic N) is 1. The molecule has 0 aliphatic carbocycles. The van der Waals surface area contributed by atoms with Gasteiger partial charge in [0.05, 0.1) is 0 Å². The van der Waals surface area contributed by atoms with Crippen molar-refractivity contribution in [1.82, 2.24) is 10.2 Å². The highest BCUT2D eigenvalue weighted by Crippen LogP contribution is 2.50. The van der Waals surface area contributed by atoms with Crippen molar-refractivity contribution in [2.45, 2.75) is 49.1 Å². The predicted molar refractivity (Wildman–Crippen MR) is 92.2 cm³/mol. The molecule has 0 bridgehead atoms. The van der Waals surface area contributed by atoms with Crippen LogP contribution in [-0.2, 0) is 14.4 Å². The van der Waals surface area contributed by atoms with Gasteiger partial charge in [-0.1, -0.05) is 18.2 Å². The first-order chi connectivity index (χ1) is 11.7. The lowest BCUT2D eigenvalue weighted by Gasteiger charge is -2.43. The summed E-state index contributed by atoms with van der Waals surface area (Å²) in [5, 5.41) is 11.7. The molecule has 1 aromatic rings. The number of carbonyl (C=O) groups is 3. The maximum absolute atomic E-state index is 12.4. The van der Waals surface area contributed by atoms with Crippen LogP contribution in [0.25, 0.3) is 0 Å². The number of nitrogens with one attached hydrogen (secondary N) is 1. The summed E-state index contributed by atoms with van der Waals surface area (Å²) >= 11 is 1.39. The first kappa shape index (κ1) is 17.6. The number of aliphatic carboxylic acids is 1. The van der Waals surface area contributed by atoms with Crippen molar-refractivity contribution in [3.63, 3.8) is 0 Å². The minimum absolute atomic E-state index is 0.364. The summed E-state index contributed by atoms with van der Waals surface area (Å²) in [5.74, 6) is -1.23. The zero-order valence-corrected chi connectivity index (χ0v) is 14.9. The van der Waals surface area contributed by atoms with Gasteiger partial charge in [0.1, 0.15) is 23.2 Å². The predicted octanol–water partition coefficient (Wildman–Crippen LogP) is 1.09. The Hall–Kier alpha value is -2.22. The van der Waals surface area contributed by atoms with Crippen molar-refractivity contribution in [3.05, 3.63) is 30.3 Å². The summed E-state index contributed by atoms with van der Waals surface area (Å²) < 4.78 is 4.94. The van der Waals surface area contributed by atoms with Gasteiger partial charge in [-0.3, -0.25) is 9.59 Å². The molecule has 0 saturated carbocycles. The van der Waals surface area contributed by atoms with Crippen LogP contribution in [0.2, 0.25) is 0 Å². The Bertz CT molecular complexity index is 708. The molecule has 2 fully saturated rings. The van der Waals surface area contributed by atoms with Gasteiger partial charge in [0.15, 0.2) is 6.10 Å². The molecule has 3 rings (SSSR count). The number of β-lactam (4-membered cyclic amide) rings is 1. The number of para-hydroxylation sites is 1. The summed E-state index contributed by atoms with van der Waals surface area (Å²) in [6, 6.07) is 7.33. The molecule has 134 valence electrons. The topological polar surface area (TPSA) is 95.9 Å². The molecule has 2 aliphatic rings. The number of hydrogen-bond acceptors (Lipinski definition) is 5. The smallest absolute Gasteiger partial charge is 0.327 e. The maximum Gasteiger partial charge on any atom is 0.327 e. The maximum atomic E-state index is 12.4. The Morgan fingerprint density at radius 1 is 1.32 bits per heavy atom. The number of fused-ring (bicyclic) bond motifs is 1. The second kappa shape index (κ2) is 6.25. The van der Waals surface area contributed by atoms with Crippen LogP contribution in [0.15, 0.2) is 30.3 Å². The number of carbonyl (C=O) groups excluding carboxylic acids is 2. The van der Waals surface area contributed by atoms with Crippen molar-refractivity contribution in [2.75, 3.05) is 0 Å². The van der Waals surface area contributed by atoms with Gasteiger partial charge >= 0.3 is 5.97 Å². The zero-order valence-electron chi connectivity index (χ0n) is 14.1. The standard InChI is InChI=1S/C17H20N2O5S/c1-9(24-10-7-5-4-6-8-10)13(20)18-11-14(21)19-12(16(22)23)17(2,3)25-15(11)19/h4-9,11-12,15H,1-3H3,(H,18,20)(H,22,23)/t9-,11+,12+,15-/m0/s1. The van der Waals surface area contributed by atoms with E-state index in [0.29, 0.717) is 5.75 Å². The Morgan fingerprint density at radius 2 is 1.96 bits per heavy atom. The van der Waals surface area contributed by atoms with E-state index >= 15 is 0 Å². The largest absolute Gasteiger partial charge is 0.481 e. The first-order valence-corrected chi connectivity index (χ1v) is 8.85. The van der Waals surface area contributed by atoms with Gasteiger partial charge in [0, 0.05) is 4.75 Å². The number of thioether (sulfide) groups is 1. The number of rotatable bonds is 5. The van der Waals surface area contributed by atoms with E-state index < -0.39 is 34.8 Å². The quantitative estimate of drug-likeness (QED) is 0.759. The van der Waals surface area contributed by atoms with Crippen molar-refractivity contribution >= 4 is 29.5 Å². The van der Waals surface area contributed by atoms with Gasteiger partial charge in [-0.15, -0.1) is 11.8 Å². The molecule has 2 aliphatic heterocycles. The van der Waals surface area contributed by atoms with E-state index in [9.17, 15) is 19.5 Å².